The molecular formula is C14H15ClN2O3. The lowest BCUT2D eigenvalue weighted by Crippen LogP contribution is -2.21. The van der Waals surface area contributed by atoms with Gasteiger partial charge in [0.05, 0.1) is 19.2 Å². The van der Waals surface area contributed by atoms with E-state index in [4.69, 9.17) is 21.1 Å². The van der Waals surface area contributed by atoms with Crippen molar-refractivity contribution in [1.82, 2.24) is 9.88 Å². The molecule has 6 heteroatoms. The maximum atomic E-state index is 10.5. The second kappa shape index (κ2) is 6.54. The number of hydrogen-bond donors (Lipinski definition) is 1. The van der Waals surface area contributed by atoms with Crippen LogP contribution in [0.2, 0.25) is 5.02 Å². The number of halogens is 1. The Kier molecular flexibility index (Phi) is 4.76. The van der Waals surface area contributed by atoms with Crippen molar-refractivity contribution in [3.05, 3.63) is 41.4 Å². The van der Waals surface area contributed by atoms with Crippen molar-refractivity contribution in [3.63, 3.8) is 0 Å². The number of benzene rings is 1. The Morgan fingerprint density at radius 3 is 2.75 bits per heavy atom. The van der Waals surface area contributed by atoms with Crippen molar-refractivity contribution in [2.24, 2.45) is 0 Å². The fraction of sp³-hybridized carbons (Fsp3) is 0.286. The van der Waals surface area contributed by atoms with Gasteiger partial charge >= 0.3 is 5.97 Å². The lowest BCUT2D eigenvalue weighted by molar-refractivity contribution is -0.137. The molecule has 0 atom stereocenters. The molecular weight excluding hydrogens is 280 g/mol. The highest BCUT2D eigenvalue weighted by atomic mass is 35.5. The Bertz CT molecular complexity index is 580. The molecule has 0 spiro atoms. The molecule has 20 heavy (non-hydrogen) atoms. The van der Waals surface area contributed by atoms with Gasteiger partial charge in [-0.2, -0.15) is 0 Å². The summed E-state index contributed by atoms with van der Waals surface area (Å²) < 4.78 is 5.64. The third-order valence-corrected chi connectivity index (χ3v) is 3.05. The van der Waals surface area contributed by atoms with E-state index in [2.05, 4.69) is 4.98 Å². The quantitative estimate of drug-likeness (QED) is 0.887. The smallest absolute Gasteiger partial charge is 0.304 e. The van der Waals surface area contributed by atoms with Gasteiger partial charge in [0.1, 0.15) is 0 Å². The third kappa shape index (κ3) is 4.08. The lowest BCUT2D eigenvalue weighted by atomic mass is 10.2. The number of hydrogen-bond acceptors (Lipinski definition) is 4. The summed E-state index contributed by atoms with van der Waals surface area (Å²) in [6, 6.07) is 7.30. The second-order valence-corrected chi connectivity index (χ2v) is 4.94. The van der Waals surface area contributed by atoms with E-state index in [1.165, 1.54) is 0 Å². The predicted octanol–water partition coefficient (Wildman–Crippen LogP) is 2.90. The van der Waals surface area contributed by atoms with Gasteiger partial charge < -0.3 is 9.52 Å². The van der Waals surface area contributed by atoms with Crippen LogP contribution in [0.5, 0.6) is 0 Å². The van der Waals surface area contributed by atoms with Crippen LogP contribution in [0.15, 0.2) is 34.9 Å². The van der Waals surface area contributed by atoms with E-state index in [1.54, 1.807) is 18.3 Å². The Morgan fingerprint density at radius 1 is 1.40 bits per heavy atom. The molecule has 0 aliphatic carbocycles. The van der Waals surface area contributed by atoms with Crippen LogP contribution in [0.3, 0.4) is 0 Å². The van der Waals surface area contributed by atoms with Gasteiger partial charge in [-0.3, -0.25) is 9.69 Å². The Hall–Kier alpha value is -1.85. The minimum Gasteiger partial charge on any atom is -0.481 e. The van der Waals surface area contributed by atoms with Gasteiger partial charge in [0, 0.05) is 17.1 Å². The average molecular weight is 295 g/mol. The molecule has 0 radical (unpaired) electrons. The van der Waals surface area contributed by atoms with Crippen LogP contribution in [-0.2, 0) is 11.3 Å². The van der Waals surface area contributed by atoms with Gasteiger partial charge in [-0.1, -0.05) is 11.6 Å². The molecule has 5 nitrogen and oxygen atoms in total. The van der Waals surface area contributed by atoms with Gasteiger partial charge in [-0.05, 0) is 31.3 Å². The zero-order valence-corrected chi connectivity index (χ0v) is 11.8. The molecule has 2 rings (SSSR count). The summed E-state index contributed by atoms with van der Waals surface area (Å²) in [5.74, 6) is 0.414. The average Bonchev–Trinajstić information content (AvgIpc) is 2.85. The monoisotopic (exact) mass is 294 g/mol. The first-order chi connectivity index (χ1) is 9.54. The van der Waals surface area contributed by atoms with Crippen molar-refractivity contribution in [3.8, 4) is 11.3 Å². The highest BCUT2D eigenvalue weighted by molar-refractivity contribution is 6.30. The van der Waals surface area contributed by atoms with Crippen molar-refractivity contribution in [1.29, 1.82) is 0 Å². The summed E-state index contributed by atoms with van der Waals surface area (Å²) in [5, 5.41) is 9.30. The molecule has 2 aromatic rings. The van der Waals surface area contributed by atoms with Crippen molar-refractivity contribution >= 4 is 17.6 Å². The van der Waals surface area contributed by atoms with Crippen molar-refractivity contribution in [2.75, 3.05) is 13.6 Å². The number of nitrogens with zero attached hydrogens (tertiary/aromatic N) is 2. The van der Waals surface area contributed by atoms with E-state index in [1.807, 2.05) is 24.1 Å². The number of aliphatic carboxylic acids is 1. The Morgan fingerprint density at radius 2 is 2.10 bits per heavy atom. The van der Waals surface area contributed by atoms with Crippen molar-refractivity contribution in [2.45, 2.75) is 13.0 Å². The summed E-state index contributed by atoms with van der Waals surface area (Å²) in [6.45, 7) is 0.925. The molecule has 0 unspecified atom stereocenters. The van der Waals surface area contributed by atoms with Crippen LogP contribution in [-0.4, -0.2) is 34.6 Å². The molecule has 106 valence electrons. The molecule has 0 saturated heterocycles. The molecule has 0 aliphatic heterocycles. The summed E-state index contributed by atoms with van der Waals surface area (Å²) in [6.07, 6.45) is 1.75. The zero-order valence-electron chi connectivity index (χ0n) is 11.0. The predicted molar refractivity (Wildman–Crippen MR) is 75.5 cm³/mol. The minimum atomic E-state index is -0.814. The zero-order chi connectivity index (χ0) is 14.5. The minimum absolute atomic E-state index is 0.0985. The van der Waals surface area contributed by atoms with E-state index < -0.39 is 5.97 Å². The normalized spacial score (nSPS) is 10.9. The van der Waals surface area contributed by atoms with Gasteiger partial charge in [0.25, 0.3) is 0 Å². The SMILES string of the molecule is CN(CCC(=O)O)Cc1ncc(-c2ccc(Cl)cc2)o1. The first-order valence-electron chi connectivity index (χ1n) is 6.15. The summed E-state index contributed by atoms with van der Waals surface area (Å²) in [4.78, 5) is 16.5. The Labute approximate surface area is 121 Å². The first kappa shape index (κ1) is 14.6. The molecule has 0 aliphatic rings. The third-order valence-electron chi connectivity index (χ3n) is 2.79. The molecule has 1 aromatic heterocycles. The maximum Gasteiger partial charge on any atom is 0.304 e. The van der Waals surface area contributed by atoms with E-state index in [0.29, 0.717) is 29.8 Å². The van der Waals surface area contributed by atoms with E-state index in [9.17, 15) is 4.79 Å². The van der Waals surface area contributed by atoms with Gasteiger partial charge in [0.15, 0.2) is 5.76 Å². The van der Waals surface area contributed by atoms with Crippen LogP contribution >= 0.6 is 11.6 Å². The van der Waals surface area contributed by atoms with Crippen molar-refractivity contribution < 1.29 is 14.3 Å². The molecule has 1 heterocycles. The molecule has 0 amide bonds. The second-order valence-electron chi connectivity index (χ2n) is 4.51. The molecule has 0 saturated carbocycles. The molecule has 0 bridgehead atoms. The van der Waals surface area contributed by atoms with Gasteiger partial charge in [0.2, 0.25) is 5.89 Å². The lowest BCUT2D eigenvalue weighted by Gasteiger charge is -2.12. The van der Waals surface area contributed by atoms with Gasteiger partial charge in [-0.25, -0.2) is 4.98 Å². The molecule has 0 fully saturated rings. The molecule has 1 N–H and O–H groups in total. The number of rotatable bonds is 6. The number of aromatic nitrogens is 1. The molecule has 1 aromatic carbocycles. The van der Waals surface area contributed by atoms with Crippen LogP contribution in [0.25, 0.3) is 11.3 Å². The Balaban J connectivity index is 1.98. The number of carboxylic acid groups (broad SMARTS) is 1. The topological polar surface area (TPSA) is 66.6 Å². The number of carboxylic acids is 1. The summed E-state index contributed by atoms with van der Waals surface area (Å²) >= 11 is 5.83. The first-order valence-corrected chi connectivity index (χ1v) is 6.53. The maximum absolute atomic E-state index is 10.5. The largest absolute Gasteiger partial charge is 0.481 e. The highest BCUT2D eigenvalue weighted by Crippen LogP contribution is 2.22. The fourth-order valence-electron chi connectivity index (χ4n) is 1.73. The van der Waals surface area contributed by atoms with Gasteiger partial charge in [-0.15, -0.1) is 0 Å². The number of carbonyl (C=O) groups is 1. The fourth-order valence-corrected chi connectivity index (χ4v) is 1.85. The van der Waals surface area contributed by atoms with E-state index in [0.717, 1.165) is 5.56 Å². The van der Waals surface area contributed by atoms with Crippen LogP contribution in [0.1, 0.15) is 12.3 Å². The highest BCUT2D eigenvalue weighted by Gasteiger charge is 2.09. The standard InChI is InChI=1S/C14H15ClN2O3/c1-17(7-6-14(18)19)9-13-16-8-12(20-13)10-2-4-11(15)5-3-10/h2-5,8H,6-7,9H2,1H3,(H,18,19). The number of oxazole rings is 1. The van der Waals surface area contributed by atoms with Crippen LogP contribution in [0, 0.1) is 0 Å². The van der Waals surface area contributed by atoms with E-state index >= 15 is 0 Å². The summed E-state index contributed by atoms with van der Waals surface area (Å²) in [5.41, 5.74) is 0.904. The summed E-state index contributed by atoms with van der Waals surface area (Å²) in [7, 11) is 1.83. The van der Waals surface area contributed by atoms with E-state index in [-0.39, 0.29) is 6.42 Å². The van der Waals surface area contributed by atoms with Crippen LogP contribution < -0.4 is 0 Å². The van der Waals surface area contributed by atoms with Crippen LogP contribution in [0.4, 0.5) is 0 Å².